The zero-order valence-corrected chi connectivity index (χ0v) is 15.5. The van der Waals surface area contributed by atoms with Crippen LogP contribution in [0.2, 0.25) is 0 Å². The maximum Gasteiger partial charge on any atom is 0.167 e. The van der Waals surface area contributed by atoms with E-state index >= 15 is 0 Å². The van der Waals surface area contributed by atoms with Crippen LogP contribution in [-0.4, -0.2) is 66.3 Å². The Hall–Kier alpha value is -2.59. The number of nitrogens with zero attached hydrogens (tertiary/aromatic N) is 5. The summed E-state index contributed by atoms with van der Waals surface area (Å²) in [7, 11) is 0. The van der Waals surface area contributed by atoms with Gasteiger partial charge < -0.3 is 25.0 Å². The van der Waals surface area contributed by atoms with E-state index in [2.05, 4.69) is 32.0 Å². The monoisotopic (exact) mass is 385 g/mol. The number of benzene rings is 1. The predicted molar refractivity (Wildman–Crippen MR) is 101 cm³/mol. The van der Waals surface area contributed by atoms with Gasteiger partial charge in [0.15, 0.2) is 23.2 Å². The molecule has 2 aromatic heterocycles. The number of aliphatic hydroxyl groups is 3. The van der Waals surface area contributed by atoms with E-state index in [-0.39, 0.29) is 6.61 Å². The third kappa shape index (κ3) is 3.22. The first-order valence-electron chi connectivity index (χ1n) is 9.23. The van der Waals surface area contributed by atoms with E-state index in [1.807, 2.05) is 25.1 Å². The number of hydrogen-bond donors (Lipinski definition) is 3. The van der Waals surface area contributed by atoms with Gasteiger partial charge in [0.1, 0.15) is 24.6 Å². The number of imidazole rings is 1. The van der Waals surface area contributed by atoms with Crippen molar-refractivity contribution < 1.29 is 20.1 Å². The van der Waals surface area contributed by atoms with E-state index in [1.165, 1.54) is 12.7 Å². The highest BCUT2D eigenvalue weighted by Gasteiger charge is 2.44. The smallest absolute Gasteiger partial charge is 0.167 e. The second-order valence-electron chi connectivity index (χ2n) is 6.75. The van der Waals surface area contributed by atoms with E-state index in [9.17, 15) is 15.3 Å². The summed E-state index contributed by atoms with van der Waals surface area (Å²) < 4.78 is 7.18. The summed E-state index contributed by atoms with van der Waals surface area (Å²) >= 11 is 0. The molecule has 0 radical (unpaired) electrons. The molecule has 0 spiro atoms. The van der Waals surface area contributed by atoms with Crippen molar-refractivity contribution in [2.45, 2.75) is 38.0 Å². The number of ether oxygens (including phenoxy) is 1. The van der Waals surface area contributed by atoms with Crippen molar-refractivity contribution >= 4 is 17.0 Å². The SMILES string of the molecule is CCN(Cc1ccccc1)c1ncnc2c1ncn2[C@@H]1O[C@H](CO)C(O)C1O. The van der Waals surface area contributed by atoms with Gasteiger partial charge in [-0.1, -0.05) is 30.3 Å². The zero-order chi connectivity index (χ0) is 19.7. The Labute approximate surface area is 161 Å². The summed E-state index contributed by atoms with van der Waals surface area (Å²) in [6.07, 6.45) is -1.16. The highest BCUT2D eigenvalue weighted by Crippen LogP contribution is 2.32. The van der Waals surface area contributed by atoms with Crippen LogP contribution >= 0.6 is 0 Å². The minimum Gasteiger partial charge on any atom is -0.394 e. The van der Waals surface area contributed by atoms with Crippen molar-refractivity contribution in [1.82, 2.24) is 19.5 Å². The molecule has 3 N–H and O–H groups in total. The number of aromatic nitrogens is 4. The van der Waals surface area contributed by atoms with Crippen molar-refractivity contribution in [3.05, 3.63) is 48.5 Å². The lowest BCUT2D eigenvalue weighted by Gasteiger charge is -2.22. The number of anilines is 1. The molecule has 4 rings (SSSR count). The van der Waals surface area contributed by atoms with Gasteiger partial charge in [-0.3, -0.25) is 4.57 Å². The molecule has 1 aliphatic rings. The fraction of sp³-hybridized carbons (Fsp3) is 0.421. The van der Waals surface area contributed by atoms with Crippen LogP contribution in [0.25, 0.3) is 11.2 Å². The van der Waals surface area contributed by atoms with E-state index in [0.717, 1.165) is 12.1 Å². The molecule has 148 valence electrons. The van der Waals surface area contributed by atoms with E-state index in [1.54, 1.807) is 4.57 Å². The third-order valence-electron chi connectivity index (χ3n) is 5.03. The van der Waals surface area contributed by atoms with Crippen molar-refractivity contribution in [2.24, 2.45) is 0 Å². The number of aliphatic hydroxyl groups excluding tert-OH is 3. The van der Waals surface area contributed by atoms with Crippen molar-refractivity contribution in [3.63, 3.8) is 0 Å². The maximum absolute atomic E-state index is 10.3. The van der Waals surface area contributed by atoms with Crippen LogP contribution in [0.1, 0.15) is 18.7 Å². The first-order chi connectivity index (χ1) is 13.6. The summed E-state index contributed by atoms with van der Waals surface area (Å²) in [6.45, 7) is 3.05. The molecule has 1 saturated heterocycles. The largest absolute Gasteiger partial charge is 0.394 e. The molecular formula is C19H23N5O4. The van der Waals surface area contributed by atoms with Crippen LogP contribution in [0, 0.1) is 0 Å². The van der Waals surface area contributed by atoms with Crippen molar-refractivity contribution in [1.29, 1.82) is 0 Å². The molecule has 0 aliphatic carbocycles. The minimum absolute atomic E-state index is 0.387. The van der Waals surface area contributed by atoms with Gasteiger partial charge in [0.05, 0.1) is 12.9 Å². The zero-order valence-electron chi connectivity index (χ0n) is 15.5. The average Bonchev–Trinajstić information content (AvgIpc) is 3.28. The van der Waals surface area contributed by atoms with Crippen LogP contribution < -0.4 is 4.90 Å². The second-order valence-corrected chi connectivity index (χ2v) is 6.75. The van der Waals surface area contributed by atoms with Crippen molar-refractivity contribution in [2.75, 3.05) is 18.1 Å². The molecule has 28 heavy (non-hydrogen) atoms. The molecule has 1 aromatic carbocycles. The molecule has 1 aliphatic heterocycles. The van der Waals surface area contributed by atoms with Gasteiger partial charge in [0, 0.05) is 13.1 Å². The van der Waals surface area contributed by atoms with Gasteiger partial charge in [-0.15, -0.1) is 0 Å². The molecule has 0 bridgehead atoms. The molecular weight excluding hydrogens is 362 g/mol. The molecule has 3 heterocycles. The van der Waals surface area contributed by atoms with E-state index in [0.29, 0.717) is 23.5 Å². The first-order valence-corrected chi connectivity index (χ1v) is 9.23. The standard InChI is InChI=1S/C19H23N5O4/c1-2-23(8-12-6-4-3-5-7-12)17-14-18(21-10-20-17)24(11-22-14)19-16(27)15(26)13(9-25)28-19/h3-7,10-11,13,15-16,19,25-27H,2,8-9H2,1H3/t13-,15?,16?,19-/m1/s1. The lowest BCUT2D eigenvalue weighted by atomic mass is 10.1. The molecule has 0 saturated carbocycles. The predicted octanol–water partition coefficient (Wildman–Crippen LogP) is 0.464. The van der Waals surface area contributed by atoms with Gasteiger partial charge in [-0.25, -0.2) is 15.0 Å². The quantitative estimate of drug-likeness (QED) is 0.560. The Bertz CT molecular complexity index is 934. The maximum atomic E-state index is 10.3. The van der Waals surface area contributed by atoms with Crippen LogP contribution in [0.4, 0.5) is 5.82 Å². The summed E-state index contributed by atoms with van der Waals surface area (Å²) in [6, 6.07) is 10.1. The fourth-order valence-corrected chi connectivity index (χ4v) is 3.51. The highest BCUT2D eigenvalue weighted by molar-refractivity contribution is 5.83. The number of hydrogen-bond acceptors (Lipinski definition) is 8. The molecule has 2 unspecified atom stereocenters. The van der Waals surface area contributed by atoms with Gasteiger partial charge >= 0.3 is 0 Å². The third-order valence-corrected chi connectivity index (χ3v) is 5.03. The van der Waals surface area contributed by atoms with E-state index < -0.39 is 24.5 Å². The first kappa shape index (κ1) is 18.8. The number of rotatable bonds is 6. The van der Waals surface area contributed by atoms with Gasteiger partial charge in [-0.2, -0.15) is 0 Å². The van der Waals surface area contributed by atoms with Gasteiger partial charge in [0.25, 0.3) is 0 Å². The second kappa shape index (κ2) is 7.80. The van der Waals surface area contributed by atoms with Crippen LogP contribution in [-0.2, 0) is 11.3 Å². The number of fused-ring (bicyclic) bond motifs is 1. The Morgan fingerprint density at radius 3 is 2.57 bits per heavy atom. The summed E-state index contributed by atoms with van der Waals surface area (Å²) in [5.41, 5.74) is 2.23. The highest BCUT2D eigenvalue weighted by atomic mass is 16.6. The Kier molecular flexibility index (Phi) is 5.23. The molecule has 1 fully saturated rings. The minimum atomic E-state index is -1.19. The normalized spacial score (nSPS) is 24.7. The molecule has 4 atom stereocenters. The molecule has 3 aromatic rings. The molecule has 9 heteroatoms. The van der Waals surface area contributed by atoms with Crippen LogP contribution in [0.5, 0.6) is 0 Å². The van der Waals surface area contributed by atoms with Gasteiger partial charge in [0.2, 0.25) is 0 Å². The van der Waals surface area contributed by atoms with Gasteiger partial charge in [-0.05, 0) is 12.5 Å². The average molecular weight is 385 g/mol. The lowest BCUT2D eigenvalue weighted by molar-refractivity contribution is -0.0511. The van der Waals surface area contributed by atoms with E-state index in [4.69, 9.17) is 4.74 Å². The van der Waals surface area contributed by atoms with Crippen LogP contribution in [0.15, 0.2) is 43.0 Å². The lowest BCUT2D eigenvalue weighted by Crippen LogP contribution is -2.33. The van der Waals surface area contributed by atoms with Crippen molar-refractivity contribution in [3.8, 4) is 0 Å². The summed E-state index contributed by atoms with van der Waals surface area (Å²) in [5.74, 6) is 0.682. The molecule has 0 amide bonds. The summed E-state index contributed by atoms with van der Waals surface area (Å²) in [5, 5.41) is 29.7. The molecule has 9 nitrogen and oxygen atoms in total. The summed E-state index contributed by atoms with van der Waals surface area (Å²) in [4.78, 5) is 15.3. The topological polar surface area (TPSA) is 117 Å². The van der Waals surface area contributed by atoms with Crippen LogP contribution in [0.3, 0.4) is 0 Å². The fourth-order valence-electron chi connectivity index (χ4n) is 3.51. The Morgan fingerprint density at radius 1 is 1.11 bits per heavy atom. The Morgan fingerprint density at radius 2 is 1.89 bits per heavy atom. The Balaban J connectivity index is 1.69.